The molecule has 1 aliphatic rings. The van der Waals surface area contributed by atoms with Crippen molar-refractivity contribution in [2.75, 3.05) is 6.61 Å². The molecule has 1 fully saturated rings. The number of aliphatic carboxylic acids is 1. The van der Waals surface area contributed by atoms with Gasteiger partial charge in [-0.2, -0.15) is 0 Å². The molecule has 1 saturated heterocycles. The van der Waals surface area contributed by atoms with E-state index in [0.29, 0.717) is 6.42 Å². The summed E-state index contributed by atoms with van der Waals surface area (Å²) in [5, 5.41) is 37.8. The van der Waals surface area contributed by atoms with E-state index < -0.39 is 29.9 Å². The molecule has 2 rings (SSSR count). The summed E-state index contributed by atoms with van der Waals surface area (Å²) in [6, 6.07) is 3.49. The molecule has 1 aromatic rings. The van der Waals surface area contributed by atoms with Crippen LogP contribution >= 0.6 is 0 Å². The van der Waals surface area contributed by atoms with Gasteiger partial charge in [-0.1, -0.05) is 6.92 Å². The van der Waals surface area contributed by atoms with Gasteiger partial charge in [0.2, 0.25) is 0 Å². The van der Waals surface area contributed by atoms with E-state index >= 15 is 0 Å². The number of carbonyl (C=O) groups excluding carboxylic acids is 1. The average Bonchev–Trinajstić information content (AvgIpc) is 2.94. The third-order valence-corrected chi connectivity index (χ3v) is 4.25. The Morgan fingerprint density at radius 1 is 1.39 bits per heavy atom. The number of aromatic hydroxyl groups is 2. The predicted octanol–water partition coefficient (Wildman–Crippen LogP) is 1.30. The molecule has 0 radical (unpaired) electrons. The first-order chi connectivity index (χ1) is 10.8. The molecule has 3 atom stereocenters. The topological polar surface area (TPSA) is 124 Å². The molecule has 1 aliphatic heterocycles. The summed E-state index contributed by atoms with van der Waals surface area (Å²) in [6.45, 7) is 1.60. The Morgan fingerprint density at radius 3 is 2.70 bits per heavy atom. The second kappa shape index (κ2) is 6.55. The van der Waals surface area contributed by atoms with Gasteiger partial charge in [-0.3, -0.25) is 4.79 Å². The first kappa shape index (κ1) is 17.2. The maximum absolute atomic E-state index is 12.4. The summed E-state index contributed by atoms with van der Waals surface area (Å²) in [4.78, 5) is 24.0. The SMILES string of the molecule is CC(CO)[C@H]1CC[C@@](CC(=O)c2cc(O)ccc2O)(C(=O)O)O1. The summed E-state index contributed by atoms with van der Waals surface area (Å²) in [7, 11) is 0. The van der Waals surface area contributed by atoms with Crippen molar-refractivity contribution in [1.82, 2.24) is 0 Å². The number of Topliss-reactive ketones (excluding diaryl/α,β-unsaturated/α-hetero) is 1. The van der Waals surface area contributed by atoms with Crippen LogP contribution in [0.25, 0.3) is 0 Å². The van der Waals surface area contributed by atoms with Gasteiger partial charge in [0.05, 0.1) is 18.1 Å². The van der Waals surface area contributed by atoms with E-state index in [0.717, 1.165) is 6.07 Å². The maximum Gasteiger partial charge on any atom is 0.336 e. The number of carboxylic acids is 1. The van der Waals surface area contributed by atoms with E-state index in [4.69, 9.17) is 4.74 Å². The molecule has 0 spiro atoms. The van der Waals surface area contributed by atoms with E-state index in [1.165, 1.54) is 12.1 Å². The van der Waals surface area contributed by atoms with Crippen LogP contribution < -0.4 is 0 Å². The molecule has 1 aromatic carbocycles. The molecule has 23 heavy (non-hydrogen) atoms. The van der Waals surface area contributed by atoms with Crippen LogP contribution in [0.3, 0.4) is 0 Å². The zero-order chi connectivity index (χ0) is 17.2. The highest BCUT2D eigenvalue weighted by Crippen LogP contribution is 2.38. The molecule has 0 bridgehead atoms. The lowest BCUT2D eigenvalue weighted by Crippen LogP contribution is -2.41. The lowest BCUT2D eigenvalue weighted by atomic mass is 9.90. The van der Waals surface area contributed by atoms with Crippen molar-refractivity contribution < 1.29 is 34.8 Å². The van der Waals surface area contributed by atoms with Crippen molar-refractivity contribution in [2.45, 2.75) is 37.9 Å². The van der Waals surface area contributed by atoms with Gasteiger partial charge in [0.15, 0.2) is 11.4 Å². The number of phenolic OH excluding ortho intramolecular Hbond substituents is 2. The van der Waals surface area contributed by atoms with Gasteiger partial charge in [-0.05, 0) is 31.0 Å². The number of rotatable bonds is 6. The van der Waals surface area contributed by atoms with Crippen LogP contribution in [0.1, 0.15) is 36.5 Å². The summed E-state index contributed by atoms with van der Waals surface area (Å²) >= 11 is 0. The van der Waals surface area contributed by atoms with Crippen molar-refractivity contribution in [3.8, 4) is 11.5 Å². The summed E-state index contributed by atoms with van der Waals surface area (Å²) in [6.07, 6.45) is -0.328. The largest absolute Gasteiger partial charge is 0.508 e. The van der Waals surface area contributed by atoms with E-state index in [1.807, 2.05) is 0 Å². The molecule has 4 N–H and O–H groups in total. The number of hydrogen-bond acceptors (Lipinski definition) is 6. The van der Waals surface area contributed by atoms with E-state index in [1.54, 1.807) is 6.92 Å². The third-order valence-electron chi connectivity index (χ3n) is 4.25. The van der Waals surface area contributed by atoms with E-state index in [9.17, 15) is 30.0 Å². The van der Waals surface area contributed by atoms with E-state index in [2.05, 4.69) is 0 Å². The molecular formula is C16H20O7. The number of phenols is 2. The van der Waals surface area contributed by atoms with Crippen LogP contribution in [-0.2, 0) is 9.53 Å². The average molecular weight is 324 g/mol. The van der Waals surface area contributed by atoms with Crippen LogP contribution in [0.4, 0.5) is 0 Å². The number of carboxylic acid groups (broad SMARTS) is 1. The number of hydrogen-bond donors (Lipinski definition) is 4. The van der Waals surface area contributed by atoms with Gasteiger partial charge >= 0.3 is 5.97 Å². The van der Waals surface area contributed by atoms with Crippen molar-refractivity contribution in [3.05, 3.63) is 23.8 Å². The minimum Gasteiger partial charge on any atom is -0.508 e. The van der Waals surface area contributed by atoms with Gasteiger partial charge in [-0.15, -0.1) is 0 Å². The van der Waals surface area contributed by atoms with Gasteiger partial charge < -0.3 is 25.2 Å². The lowest BCUT2D eigenvalue weighted by molar-refractivity contribution is -0.166. The number of carbonyl (C=O) groups is 2. The quantitative estimate of drug-likeness (QED) is 0.459. The molecule has 0 amide bonds. The minimum absolute atomic E-state index is 0.137. The van der Waals surface area contributed by atoms with E-state index in [-0.39, 0.29) is 36.0 Å². The molecule has 126 valence electrons. The Labute approximate surface area is 133 Å². The van der Waals surface area contributed by atoms with Crippen molar-refractivity contribution in [2.24, 2.45) is 5.92 Å². The van der Waals surface area contributed by atoms with Crippen molar-refractivity contribution >= 4 is 11.8 Å². The first-order valence-electron chi connectivity index (χ1n) is 7.36. The lowest BCUT2D eigenvalue weighted by Gasteiger charge is -2.26. The Morgan fingerprint density at radius 2 is 2.09 bits per heavy atom. The second-order valence-corrected chi connectivity index (χ2v) is 5.96. The number of ether oxygens (including phenoxy) is 1. The fraction of sp³-hybridized carbons (Fsp3) is 0.500. The summed E-state index contributed by atoms with van der Waals surface area (Å²) in [5.74, 6) is -2.64. The fourth-order valence-corrected chi connectivity index (χ4v) is 2.77. The highest BCUT2D eigenvalue weighted by atomic mass is 16.5. The Balaban J connectivity index is 2.22. The molecule has 1 unspecified atom stereocenters. The molecule has 1 heterocycles. The normalized spacial score (nSPS) is 25.2. The zero-order valence-corrected chi connectivity index (χ0v) is 12.7. The summed E-state index contributed by atoms with van der Waals surface area (Å²) in [5.41, 5.74) is -1.82. The first-order valence-corrected chi connectivity index (χ1v) is 7.36. The van der Waals surface area contributed by atoms with Gasteiger partial charge in [0.1, 0.15) is 11.5 Å². The molecule has 7 nitrogen and oxygen atoms in total. The van der Waals surface area contributed by atoms with Crippen LogP contribution in [-0.4, -0.2) is 50.5 Å². The molecular weight excluding hydrogens is 304 g/mol. The highest BCUT2D eigenvalue weighted by Gasteiger charge is 2.49. The second-order valence-electron chi connectivity index (χ2n) is 5.96. The van der Waals surface area contributed by atoms with Crippen molar-refractivity contribution in [1.29, 1.82) is 0 Å². The smallest absolute Gasteiger partial charge is 0.336 e. The maximum atomic E-state index is 12.4. The fourth-order valence-electron chi connectivity index (χ4n) is 2.77. The van der Waals surface area contributed by atoms with Gasteiger partial charge in [0, 0.05) is 12.5 Å². The van der Waals surface area contributed by atoms with Crippen LogP contribution in [0.2, 0.25) is 0 Å². The Kier molecular flexibility index (Phi) is 4.91. The van der Waals surface area contributed by atoms with Crippen LogP contribution in [0.5, 0.6) is 11.5 Å². The number of benzene rings is 1. The molecule has 0 saturated carbocycles. The van der Waals surface area contributed by atoms with Gasteiger partial charge in [-0.25, -0.2) is 4.79 Å². The Hall–Kier alpha value is -2.12. The number of ketones is 1. The summed E-state index contributed by atoms with van der Waals surface area (Å²) < 4.78 is 5.60. The molecule has 7 heteroatoms. The number of aliphatic hydroxyl groups excluding tert-OH is 1. The standard InChI is InChI=1S/C16H20O7/c1-9(8-17)14-4-5-16(23-14,15(21)22)7-13(20)11-6-10(18)2-3-12(11)19/h2-3,6,9,14,17-19H,4-5,7-8H2,1H3,(H,21,22)/t9?,14-,16-/m1/s1. The number of aliphatic hydroxyl groups is 1. The van der Waals surface area contributed by atoms with Gasteiger partial charge in [0.25, 0.3) is 0 Å². The molecule has 0 aromatic heterocycles. The van der Waals surface area contributed by atoms with Crippen molar-refractivity contribution in [3.63, 3.8) is 0 Å². The highest BCUT2D eigenvalue weighted by molar-refractivity contribution is 6.02. The predicted molar refractivity (Wildman–Crippen MR) is 79.4 cm³/mol. The minimum atomic E-state index is -1.68. The van der Waals surface area contributed by atoms with Crippen LogP contribution in [0.15, 0.2) is 18.2 Å². The Bertz CT molecular complexity index is 612. The third kappa shape index (κ3) is 3.46. The zero-order valence-electron chi connectivity index (χ0n) is 12.7. The molecule has 0 aliphatic carbocycles. The monoisotopic (exact) mass is 324 g/mol. The van der Waals surface area contributed by atoms with Crippen LogP contribution in [0, 0.1) is 5.92 Å².